The summed E-state index contributed by atoms with van der Waals surface area (Å²) in [6.07, 6.45) is 4.49. The highest BCUT2D eigenvalue weighted by Gasteiger charge is 2.43. The van der Waals surface area contributed by atoms with Crippen molar-refractivity contribution >= 4 is 22.9 Å². The van der Waals surface area contributed by atoms with Crippen molar-refractivity contribution < 1.29 is 9.90 Å². The van der Waals surface area contributed by atoms with Crippen LogP contribution < -0.4 is 4.90 Å². The number of H-pyrrole nitrogens is 1. The molecule has 0 saturated carbocycles. The van der Waals surface area contributed by atoms with Crippen LogP contribution in [0.15, 0.2) is 18.6 Å². The maximum absolute atomic E-state index is 11.3. The Bertz CT molecular complexity index is 656. The zero-order valence-electron chi connectivity index (χ0n) is 10.9. The van der Waals surface area contributed by atoms with E-state index in [1.807, 2.05) is 12.3 Å². The number of rotatable bonds is 1. The summed E-state index contributed by atoms with van der Waals surface area (Å²) in [7, 11) is 0. The van der Waals surface area contributed by atoms with Crippen molar-refractivity contribution in [2.45, 2.75) is 24.9 Å². The number of aromatic nitrogens is 3. The predicted molar refractivity (Wildman–Crippen MR) is 72.8 cm³/mol. The van der Waals surface area contributed by atoms with E-state index >= 15 is 0 Å². The molecule has 0 spiro atoms. The topological polar surface area (TPSA) is 85.3 Å². The number of fused-ring (bicyclic) bond motifs is 3. The van der Waals surface area contributed by atoms with Crippen LogP contribution in [0, 0.1) is 0 Å². The van der Waals surface area contributed by atoms with E-state index in [-0.39, 0.29) is 12.1 Å². The smallest absolute Gasteiger partial charge is 0.407 e. The maximum Gasteiger partial charge on any atom is 0.407 e. The number of hydrogen-bond acceptors (Lipinski definition) is 4. The third-order valence-electron chi connectivity index (χ3n) is 4.34. The molecule has 7 nitrogen and oxygen atoms in total. The highest BCUT2D eigenvalue weighted by atomic mass is 16.4. The fourth-order valence-corrected chi connectivity index (χ4v) is 3.50. The van der Waals surface area contributed by atoms with Crippen molar-refractivity contribution in [3.05, 3.63) is 18.6 Å². The van der Waals surface area contributed by atoms with Gasteiger partial charge in [-0.05, 0) is 18.9 Å². The molecular weight excluding hydrogens is 258 g/mol. The minimum absolute atomic E-state index is 0.0789. The van der Waals surface area contributed by atoms with Crippen LogP contribution in [0.3, 0.4) is 0 Å². The second-order valence-corrected chi connectivity index (χ2v) is 5.42. The van der Waals surface area contributed by atoms with Gasteiger partial charge in [-0.15, -0.1) is 0 Å². The lowest BCUT2D eigenvalue weighted by Gasteiger charge is -2.40. The first-order valence-electron chi connectivity index (χ1n) is 6.78. The summed E-state index contributed by atoms with van der Waals surface area (Å²) in [6, 6.07) is 2.13. The number of nitrogens with one attached hydrogen (secondary N) is 1. The average molecular weight is 273 g/mol. The highest BCUT2D eigenvalue weighted by Crippen LogP contribution is 2.33. The fraction of sp³-hybridized carbons (Fsp3) is 0.462. The Morgan fingerprint density at radius 1 is 1.30 bits per heavy atom. The summed E-state index contributed by atoms with van der Waals surface area (Å²) >= 11 is 0. The van der Waals surface area contributed by atoms with Crippen LogP contribution in [-0.2, 0) is 0 Å². The number of aromatic amines is 1. The SMILES string of the molecule is O=C(O)N1C2CC[C@H]1CN(c1ncnc3[nH]ccc13)C2. The lowest BCUT2D eigenvalue weighted by atomic mass is 10.2. The van der Waals surface area contributed by atoms with Gasteiger partial charge in [-0.2, -0.15) is 0 Å². The quantitative estimate of drug-likeness (QED) is 0.817. The molecular formula is C13H15N5O2. The van der Waals surface area contributed by atoms with E-state index in [9.17, 15) is 9.90 Å². The molecule has 20 heavy (non-hydrogen) atoms. The van der Waals surface area contributed by atoms with E-state index in [1.54, 1.807) is 11.2 Å². The molecule has 1 amide bonds. The number of anilines is 1. The van der Waals surface area contributed by atoms with E-state index in [1.165, 1.54) is 0 Å². The molecule has 4 rings (SSSR count). The van der Waals surface area contributed by atoms with Crippen molar-refractivity contribution in [3.63, 3.8) is 0 Å². The van der Waals surface area contributed by atoms with Crippen LogP contribution in [-0.4, -0.2) is 56.2 Å². The maximum atomic E-state index is 11.3. The molecule has 2 aromatic rings. The van der Waals surface area contributed by atoms with Crippen molar-refractivity contribution in [1.29, 1.82) is 0 Å². The van der Waals surface area contributed by atoms with Crippen LogP contribution >= 0.6 is 0 Å². The first kappa shape index (κ1) is 11.5. The largest absolute Gasteiger partial charge is 0.465 e. The number of nitrogens with zero attached hydrogens (tertiary/aromatic N) is 4. The van der Waals surface area contributed by atoms with Gasteiger partial charge in [0.15, 0.2) is 0 Å². The number of piperazine rings is 1. The highest BCUT2D eigenvalue weighted by molar-refractivity contribution is 5.87. The van der Waals surface area contributed by atoms with E-state index in [2.05, 4.69) is 19.9 Å². The molecule has 2 saturated heterocycles. The molecule has 0 radical (unpaired) electrons. The number of hydrogen-bond donors (Lipinski definition) is 2. The second-order valence-electron chi connectivity index (χ2n) is 5.42. The zero-order valence-corrected chi connectivity index (χ0v) is 10.9. The molecule has 0 aromatic carbocycles. The van der Waals surface area contributed by atoms with Gasteiger partial charge in [-0.1, -0.05) is 0 Å². The van der Waals surface area contributed by atoms with E-state index in [4.69, 9.17) is 0 Å². The molecule has 7 heteroatoms. The monoisotopic (exact) mass is 273 g/mol. The van der Waals surface area contributed by atoms with Crippen molar-refractivity contribution in [3.8, 4) is 0 Å². The van der Waals surface area contributed by atoms with Gasteiger partial charge in [0.2, 0.25) is 0 Å². The first-order valence-corrected chi connectivity index (χ1v) is 6.78. The van der Waals surface area contributed by atoms with Crippen LogP contribution in [0.25, 0.3) is 11.0 Å². The van der Waals surface area contributed by atoms with E-state index in [0.29, 0.717) is 13.1 Å². The van der Waals surface area contributed by atoms with Crippen LogP contribution in [0.1, 0.15) is 12.8 Å². The zero-order chi connectivity index (χ0) is 13.7. The van der Waals surface area contributed by atoms with Gasteiger partial charge in [-0.25, -0.2) is 14.8 Å². The summed E-state index contributed by atoms with van der Waals surface area (Å²) in [5.41, 5.74) is 0.822. The Labute approximate surface area is 115 Å². The summed E-state index contributed by atoms with van der Waals surface area (Å²) in [6.45, 7) is 1.42. The minimum Gasteiger partial charge on any atom is -0.465 e. The molecule has 4 heterocycles. The predicted octanol–water partition coefficient (Wildman–Crippen LogP) is 1.29. The van der Waals surface area contributed by atoms with Crippen molar-refractivity contribution in [2.24, 2.45) is 0 Å². The molecule has 2 fully saturated rings. The first-order chi connectivity index (χ1) is 9.74. The fourth-order valence-electron chi connectivity index (χ4n) is 3.50. The van der Waals surface area contributed by atoms with Gasteiger partial charge >= 0.3 is 6.09 Å². The lowest BCUT2D eigenvalue weighted by Crippen LogP contribution is -2.55. The Hall–Kier alpha value is -2.31. The third kappa shape index (κ3) is 1.55. The Balaban J connectivity index is 1.69. The Morgan fingerprint density at radius 3 is 2.75 bits per heavy atom. The molecule has 104 valence electrons. The molecule has 2 aliphatic rings. The summed E-state index contributed by atoms with van der Waals surface area (Å²) < 4.78 is 0. The van der Waals surface area contributed by atoms with Gasteiger partial charge in [-0.3, -0.25) is 4.90 Å². The molecule has 2 N–H and O–H groups in total. The van der Waals surface area contributed by atoms with Crippen molar-refractivity contribution in [1.82, 2.24) is 19.9 Å². The second kappa shape index (κ2) is 4.09. The third-order valence-corrected chi connectivity index (χ3v) is 4.34. The van der Waals surface area contributed by atoms with Gasteiger partial charge in [0, 0.05) is 19.3 Å². The molecule has 2 bridgehead atoms. The van der Waals surface area contributed by atoms with Crippen LogP contribution in [0.5, 0.6) is 0 Å². The molecule has 1 unspecified atom stereocenters. The molecule has 0 aliphatic carbocycles. The van der Waals surface area contributed by atoms with E-state index < -0.39 is 6.09 Å². The summed E-state index contributed by atoms with van der Waals surface area (Å²) in [5, 5.41) is 10.3. The Kier molecular flexibility index (Phi) is 2.35. The molecule has 2 aromatic heterocycles. The van der Waals surface area contributed by atoms with Gasteiger partial charge in [0.05, 0.1) is 17.5 Å². The minimum atomic E-state index is -0.799. The van der Waals surface area contributed by atoms with Crippen LogP contribution in [0.4, 0.5) is 10.6 Å². The summed E-state index contributed by atoms with van der Waals surface area (Å²) in [4.78, 5) is 26.8. The standard InChI is InChI=1S/C13H15N5O2/c19-13(20)18-8-1-2-9(18)6-17(5-8)12-10-3-4-14-11(10)15-7-16-12/h3-4,7-9H,1-2,5-6H2,(H,19,20)(H,14,15,16)/t8-,9?/m0/s1. The van der Waals surface area contributed by atoms with Crippen LogP contribution in [0.2, 0.25) is 0 Å². The van der Waals surface area contributed by atoms with Gasteiger partial charge in [0.25, 0.3) is 0 Å². The van der Waals surface area contributed by atoms with Gasteiger partial charge < -0.3 is 15.0 Å². The number of carbonyl (C=O) groups is 1. The molecule has 2 aliphatic heterocycles. The average Bonchev–Trinajstić information content (AvgIpc) is 3.01. The summed E-state index contributed by atoms with van der Waals surface area (Å²) in [5.74, 6) is 0.901. The lowest BCUT2D eigenvalue weighted by molar-refractivity contribution is 0.114. The van der Waals surface area contributed by atoms with E-state index in [0.717, 1.165) is 29.7 Å². The van der Waals surface area contributed by atoms with Crippen molar-refractivity contribution in [2.75, 3.05) is 18.0 Å². The molecule has 2 atom stereocenters. The number of carboxylic acid groups (broad SMARTS) is 1. The Morgan fingerprint density at radius 2 is 2.05 bits per heavy atom. The van der Waals surface area contributed by atoms with Gasteiger partial charge in [0.1, 0.15) is 17.8 Å². The normalized spacial score (nSPS) is 25.4. The number of amides is 1.